The molecule has 62 valence electrons. The standard InChI is InChI=1S/C7H7FN4/c8-6-1-2-10-7-11-4-5(3-9)12(6)7/h1-2,4H,3,9H2. The van der Waals surface area contributed by atoms with Crippen LogP contribution in [0.15, 0.2) is 18.5 Å². The second-order valence-corrected chi connectivity index (χ2v) is 2.36. The van der Waals surface area contributed by atoms with Crippen molar-refractivity contribution in [3.05, 3.63) is 30.1 Å². The summed E-state index contributed by atoms with van der Waals surface area (Å²) >= 11 is 0. The van der Waals surface area contributed by atoms with Crippen LogP contribution in [0.3, 0.4) is 0 Å². The van der Waals surface area contributed by atoms with Crippen molar-refractivity contribution >= 4 is 5.78 Å². The smallest absolute Gasteiger partial charge is 0.236 e. The van der Waals surface area contributed by atoms with Gasteiger partial charge >= 0.3 is 0 Å². The molecule has 0 aliphatic carbocycles. The number of fused-ring (bicyclic) bond motifs is 1. The van der Waals surface area contributed by atoms with Gasteiger partial charge in [0.1, 0.15) is 0 Å². The van der Waals surface area contributed by atoms with Crippen molar-refractivity contribution in [3.63, 3.8) is 0 Å². The van der Waals surface area contributed by atoms with E-state index in [1.165, 1.54) is 22.9 Å². The fourth-order valence-electron chi connectivity index (χ4n) is 1.08. The topological polar surface area (TPSA) is 56.2 Å². The minimum atomic E-state index is -0.391. The first-order valence-corrected chi connectivity index (χ1v) is 3.50. The van der Waals surface area contributed by atoms with Crippen molar-refractivity contribution < 1.29 is 4.39 Å². The molecule has 0 radical (unpaired) electrons. The number of hydrogen-bond donors (Lipinski definition) is 1. The van der Waals surface area contributed by atoms with Gasteiger partial charge < -0.3 is 5.73 Å². The Kier molecular flexibility index (Phi) is 1.51. The zero-order valence-corrected chi connectivity index (χ0v) is 6.24. The molecular formula is C7H7FN4. The predicted octanol–water partition coefficient (Wildman–Crippen LogP) is 0.327. The van der Waals surface area contributed by atoms with E-state index in [-0.39, 0.29) is 6.54 Å². The van der Waals surface area contributed by atoms with Crippen LogP contribution in [0.2, 0.25) is 0 Å². The first-order valence-electron chi connectivity index (χ1n) is 3.50. The highest BCUT2D eigenvalue weighted by molar-refractivity contribution is 5.30. The van der Waals surface area contributed by atoms with Gasteiger partial charge in [-0.25, -0.2) is 9.97 Å². The Morgan fingerprint density at radius 1 is 1.50 bits per heavy atom. The van der Waals surface area contributed by atoms with Crippen LogP contribution in [0.4, 0.5) is 4.39 Å². The summed E-state index contributed by atoms with van der Waals surface area (Å²) in [6.45, 7) is 0.254. The SMILES string of the molecule is NCc1cnc2nccc(F)n12. The minimum Gasteiger partial charge on any atom is -0.325 e. The summed E-state index contributed by atoms with van der Waals surface area (Å²) in [5, 5.41) is 0. The molecule has 0 saturated heterocycles. The number of imidazole rings is 1. The summed E-state index contributed by atoms with van der Waals surface area (Å²) < 4.78 is 14.4. The summed E-state index contributed by atoms with van der Waals surface area (Å²) in [5.41, 5.74) is 5.99. The average molecular weight is 166 g/mol. The van der Waals surface area contributed by atoms with Crippen LogP contribution >= 0.6 is 0 Å². The molecule has 0 aliphatic rings. The Labute approximate surface area is 67.9 Å². The lowest BCUT2D eigenvalue weighted by molar-refractivity contribution is 0.556. The van der Waals surface area contributed by atoms with Gasteiger partial charge in [0.25, 0.3) is 0 Å². The van der Waals surface area contributed by atoms with Gasteiger partial charge in [0.2, 0.25) is 11.7 Å². The van der Waals surface area contributed by atoms with E-state index in [9.17, 15) is 4.39 Å². The third-order valence-electron chi connectivity index (χ3n) is 1.64. The van der Waals surface area contributed by atoms with Gasteiger partial charge in [-0.15, -0.1) is 0 Å². The molecule has 0 bridgehead atoms. The molecule has 2 N–H and O–H groups in total. The molecule has 12 heavy (non-hydrogen) atoms. The zero-order chi connectivity index (χ0) is 8.55. The summed E-state index contributed by atoms with van der Waals surface area (Å²) in [6, 6.07) is 1.27. The first kappa shape index (κ1) is 7.17. The highest BCUT2D eigenvalue weighted by Crippen LogP contribution is 2.05. The molecule has 5 heteroatoms. The second kappa shape index (κ2) is 2.53. The molecule has 0 aliphatic heterocycles. The molecule has 0 aromatic carbocycles. The van der Waals surface area contributed by atoms with Gasteiger partial charge in [0, 0.05) is 18.8 Å². The summed E-state index contributed by atoms with van der Waals surface area (Å²) in [6.07, 6.45) is 2.89. The van der Waals surface area contributed by atoms with E-state index in [2.05, 4.69) is 9.97 Å². The van der Waals surface area contributed by atoms with E-state index >= 15 is 0 Å². The van der Waals surface area contributed by atoms with Crippen molar-refractivity contribution in [1.29, 1.82) is 0 Å². The van der Waals surface area contributed by atoms with Gasteiger partial charge in [-0.05, 0) is 0 Å². The monoisotopic (exact) mass is 166 g/mol. The van der Waals surface area contributed by atoms with Gasteiger partial charge in [-0.1, -0.05) is 0 Å². The van der Waals surface area contributed by atoms with Crippen LogP contribution in [0.1, 0.15) is 5.69 Å². The number of hydrogen-bond acceptors (Lipinski definition) is 3. The Morgan fingerprint density at radius 3 is 3.08 bits per heavy atom. The molecule has 4 nitrogen and oxygen atoms in total. The van der Waals surface area contributed by atoms with E-state index in [1.54, 1.807) is 0 Å². The molecule has 2 heterocycles. The largest absolute Gasteiger partial charge is 0.325 e. The van der Waals surface area contributed by atoms with Crippen molar-refractivity contribution in [3.8, 4) is 0 Å². The second-order valence-electron chi connectivity index (χ2n) is 2.36. The maximum Gasteiger partial charge on any atom is 0.236 e. The highest BCUT2D eigenvalue weighted by Gasteiger charge is 2.05. The highest BCUT2D eigenvalue weighted by atomic mass is 19.1. The zero-order valence-electron chi connectivity index (χ0n) is 6.24. The molecule has 2 rings (SSSR count). The molecular weight excluding hydrogens is 159 g/mol. The molecule has 0 atom stereocenters. The Balaban J connectivity index is 2.83. The normalized spacial score (nSPS) is 10.8. The maximum atomic E-state index is 13.1. The number of rotatable bonds is 1. The fourth-order valence-corrected chi connectivity index (χ4v) is 1.08. The van der Waals surface area contributed by atoms with Gasteiger partial charge in [-0.2, -0.15) is 4.39 Å². The van der Waals surface area contributed by atoms with Crippen molar-refractivity contribution in [2.45, 2.75) is 6.54 Å². The van der Waals surface area contributed by atoms with Crippen LogP contribution in [-0.2, 0) is 6.54 Å². The van der Waals surface area contributed by atoms with Gasteiger partial charge in [0.05, 0.1) is 11.9 Å². The van der Waals surface area contributed by atoms with Crippen molar-refractivity contribution in [1.82, 2.24) is 14.4 Å². The fraction of sp³-hybridized carbons (Fsp3) is 0.143. The van der Waals surface area contributed by atoms with E-state index in [0.29, 0.717) is 11.5 Å². The lowest BCUT2D eigenvalue weighted by Gasteiger charge is -1.97. The van der Waals surface area contributed by atoms with E-state index < -0.39 is 5.95 Å². The average Bonchev–Trinajstić information content (AvgIpc) is 2.49. The van der Waals surface area contributed by atoms with E-state index in [1.807, 2.05) is 0 Å². The number of nitrogens with two attached hydrogens (primary N) is 1. The van der Waals surface area contributed by atoms with Gasteiger partial charge in [-0.3, -0.25) is 4.40 Å². The number of halogens is 1. The van der Waals surface area contributed by atoms with Crippen LogP contribution in [0.25, 0.3) is 5.78 Å². The summed E-state index contributed by atoms with van der Waals surface area (Å²) in [7, 11) is 0. The van der Waals surface area contributed by atoms with E-state index in [0.717, 1.165) is 0 Å². The van der Waals surface area contributed by atoms with Crippen LogP contribution in [0.5, 0.6) is 0 Å². The Bertz CT molecular complexity index is 409. The molecule has 0 unspecified atom stereocenters. The van der Waals surface area contributed by atoms with E-state index in [4.69, 9.17) is 5.73 Å². The Morgan fingerprint density at radius 2 is 2.33 bits per heavy atom. The first-order chi connectivity index (χ1) is 5.83. The number of nitrogens with zero attached hydrogens (tertiary/aromatic N) is 3. The molecule has 2 aromatic rings. The van der Waals surface area contributed by atoms with Crippen LogP contribution in [-0.4, -0.2) is 14.4 Å². The number of aromatic nitrogens is 3. The van der Waals surface area contributed by atoms with Crippen molar-refractivity contribution in [2.24, 2.45) is 5.73 Å². The van der Waals surface area contributed by atoms with Gasteiger partial charge in [0.15, 0.2) is 0 Å². The van der Waals surface area contributed by atoms with Crippen LogP contribution < -0.4 is 5.73 Å². The third kappa shape index (κ3) is 0.868. The predicted molar refractivity (Wildman–Crippen MR) is 40.8 cm³/mol. The van der Waals surface area contributed by atoms with Crippen LogP contribution in [0, 0.1) is 5.95 Å². The third-order valence-corrected chi connectivity index (χ3v) is 1.64. The summed E-state index contributed by atoms with van der Waals surface area (Å²) in [5.74, 6) is -0.0478. The molecule has 0 amide bonds. The molecule has 2 aromatic heterocycles. The molecule has 0 saturated carbocycles. The summed E-state index contributed by atoms with van der Waals surface area (Å²) in [4.78, 5) is 7.75. The molecule has 0 spiro atoms. The van der Waals surface area contributed by atoms with Crippen molar-refractivity contribution in [2.75, 3.05) is 0 Å². The quantitative estimate of drug-likeness (QED) is 0.621. The lowest BCUT2D eigenvalue weighted by Crippen LogP contribution is -2.04. The Hall–Kier alpha value is -1.49. The minimum absolute atomic E-state index is 0.254. The lowest BCUT2D eigenvalue weighted by atomic mass is 10.5. The molecule has 0 fully saturated rings. The maximum absolute atomic E-state index is 13.1.